The minimum Gasteiger partial charge on any atom is -0.466 e. The number of esters is 2. The molecule has 8 heteroatoms. The fourth-order valence-corrected chi connectivity index (χ4v) is 2.64. The van der Waals surface area contributed by atoms with Crippen molar-refractivity contribution in [3.63, 3.8) is 0 Å². The van der Waals surface area contributed by atoms with Crippen LogP contribution in [0.5, 0.6) is 0 Å². The Morgan fingerprint density at radius 2 is 1.73 bits per heavy atom. The summed E-state index contributed by atoms with van der Waals surface area (Å²) in [4.78, 5) is 34.5. The van der Waals surface area contributed by atoms with Crippen LogP contribution in [-0.2, 0) is 24.6 Å². The minimum absolute atomic E-state index is 0.255. The number of carbonyl (C=O) groups is 2. The molecule has 0 heterocycles. The van der Waals surface area contributed by atoms with Crippen LogP contribution in [0.25, 0.3) is 0 Å². The number of nitrogens with zero attached hydrogens (tertiary/aromatic N) is 1. The van der Waals surface area contributed by atoms with E-state index in [0.717, 1.165) is 14.2 Å². The molecule has 0 saturated carbocycles. The first-order valence-corrected chi connectivity index (χ1v) is 6.28. The third-order valence-corrected chi connectivity index (χ3v) is 3.64. The summed E-state index contributed by atoms with van der Waals surface area (Å²) in [6.07, 6.45) is 0. The second-order valence-corrected chi connectivity index (χ2v) is 4.69. The van der Waals surface area contributed by atoms with Gasteiger partial charge >= 0.3 is 11.9 Å². The summed E-state index contributed by atoms with van der Waals surface area (Å²) < 4.78 is 9.14. The molecule has 0 saturated heterocycles. The zero-order chi connectivity index (χ0) is 16.5. The summed E-state index contributed by atoms with van der Waals surface area (Å²) in [5, 5.41) is 11.4. The molecule has 2 unspecified atom stereocenters. The highest BCUT2D eigenvalue weighted by Crippen LogP contribution is 2.47. The zero-order valence-corrected chi connectivity index (χ0v) is 11.9. The van der Waals surface area contributed by atoms with Crippen molar-refractivity contribution >= 4 is 11.9 Å². The van der Waals surface area contributed by atoms with Crippen molar-refractivity contribution in [1.29, 1.82) is 0 Å². The summed E-state index contributed by atoms with van der Waals surface area (Å²) >= 11 is 0. The van der Waals surface area contributed by atoms with E-state index >= 15 is 0 Å². The van der Waals surface area contributed by atoms with Gasteiger partial charge in [0.1, 0.15) is 11.1 Å². The van der Waals surface area contributed by atoms with Crippen molar-refractivity contribution in [3.05, 3.63) is 57.2 Å². The third kappa shape index (κ3) is 2.04. The first-order chi connectivity index (χ1) is 10.4. The highest BCUT2D eigenvalue weighted by Gasteiger charge is 2.66. The van der Waals surface area contributed by atoms with Crippen molar-refractivity contribution in [2.45, 2.75) is 11.6 Å². The number of methoxy groups -OCH3 is 2. The number of rotatable bonds is 4. The van der Waals surface area contributed by atoms with Crippen LogP contribution in [0.1, 0.15) is 5.56 Å². The molecule has 2 atom stereocenters. The van der Waals surface area contributed by atoms with E-state index in [1.54, 1.807) is 30.3 Å². The van der Waals surface area contributed by atoms with Crippen LogP contribution < -0.4 is 5.73 Å². The fourth-order valence-electron chi connectivity index (χ4n) is 2.64. The zero-order valence-electron chi connectivity index (χ0n) is 11.9. The molecule has 0 aliphatic heterocycles. The van der Waals surface area contributed by atoms with Crippen LogP contribution in [0.15, 0.2) is 41.5 Å². The normalized spacial score (nSPS) is 23.5. The van der Waals surface area contributed by atoms with Crippen LogP contribution >= 0.6 is 0 Å². The number of hydrogen-bond acceptors (Lipinski definition) is 7. The highest BCUT2D eigenvalue weighted by molar-refractivity contribution is 6.07. The van der Waals surface area contributed by atoms with Gasteiger partial charge in [-0.15, -0.1) is 0 Å². The Morgan fingerprint density at radius 3 is 2.18 bits per heavy atom. The van der Waals surface area contributed by atoms with Gasteiger partial charge in [-0.1, -0.05) is 30.3 Å². The van der Waals surface area contributed by atoms with E-state index in [9.17, 15) is 19.7 Å². The second kappa shape index (κ2) is 5.57. The summed E-state index contributed by atoms with van der Waals surface area (Å²) in [6.45, 7) is 0. The standard InChI is InChI=1S/C14H14N2O6/c1-21-12(17)9-10(13(18)22-2)14(15,11(9)16(19)20)8-6-4-3-5-7-8/h3-7,11H,15H2,1-2H3. The molecule has 0 bridgehead atoms. The lowest BCUT2D eigenvalue weighted by Gasteiger charge is -2.42. The lowest BCUT2D eigenvalue weighted by Crippen LogP contribution is -2.64. The topological polar surface area (TPSA) is 122 Å². The van der Waals surface area contributed by atoms with E-state index < -0.39 is 28.4 Å². The molecule has 22 heavy (non-hydrogen) atoms. The first-order valence-electron chi connectivity index (χ1n) is 6.28. The number of carbonyl (C=O) groups excluding carboxylic acids is 2. The van der Waals surface area contributed by atoms with E-state index in [2.05, 4.69) is 9.47 Å². The summed E-state index contributed by atoms with van der Waals surface area (Å²) in [7, 11) is 2.18. The molecular formula is C14H14N2O6. The van der Waals surface area contributed by atoms with E-state index in [4.69, 9.17) is 5.73 Å². The molecule has 0 aromatic heterocycles. The summed E-state index contributed by atoms with van der Waals surface area (Å²) in [5.41, 5.74) is 4.12. The lowest BCUT2D eigenvalue weighted by atomic mass is 9.63. The van der Waals surface area contributed by atoms with Crippen LogP contribution in [0.4, 0.5) is 0 Å². The molecule has 0 amide bonds. The molecule has 1 aromatic rings. The van der Waals surface area contributed by atoms with Crippen LogP contribution in [0, 0.1) is 10.1 Å². The van der Waals surface area contributed by atoms with Gasteiger partial charge < -0.3 is 15.2 Å². The number of nitro groups is 1. The quantitative estimate of drug-likeness (QED) is 0.477. The van der Waals surface area contributed by atoms with E-state index in [-0.39, 0.29) is 11.1 Å². The molecule has 0 fully saturated rings. The molecular weight excluding hydrogens is 292 g/mol. The maximum Gasteiger partial charge on any atom is 0.341 e. The average Bonchev–Trinajstić information content (AvgIpc) is 2.51. The Balaban J connectivity index is 2.71. The Labute approximate surface area is 125 Å². The first kappa shape index (κ1) is 15.6. The van der Waals surface area contributed by atoms with Crippen molar-refractivity contribution < 1.29 is 24.0 Å². The number of benzene rings is 1. The highest BCUT2D eigenvalue weighted by atomic mass is 16.6. The lowest BCUT2D eigenvalue weighted by molar-refractivity contribution is -0.527. The van der Waals surface area contributed by atoms with Crippen molar-refractivity contribution in [1.82, 2.24) is 0 Å². The maximum atomic E-state index is 12.0. The molecule has 1 aliphatic carbocycles. The molecule has 8 nitrogen and oxygen atoms in total. The van der Waals surface area contributed by atoms with Gasteiger partial charge in [-0.25, -0.2) is 9.59 Å². The van der Waals surface area contributed by atoms with Gasteiger partial charge in [0.15, 0.2) is 0 Å². The molecule has 0 radical (unpaired) electrons. The Bertz CT molecular complexity index is 669. The monoisotopic (exact) mass is 306 g/mol. The van der Waals surface area contributed by atoms with Gasteiger partial charge in [0, 0.05) is 4.92 Å². The number of hydrogen-bond donors (Lipinski definition) is 1. The number of nitrogens with two attached hydrogens (primary N) is 1. The van der Waals surface area contributed by atoms with Crippen LogP contribution in [0.2, 0.25) is 0 Å². The molecule has 2 rings (SSSR count). The molecule has 1 aliphatic rings. The summed E-state index contributed by atoms with van der Waals surface area (Å²) in [5.74, 6) is -1.87. The number of ether oxygens (including phenoxy) is 2. The van der Waals surface area contributed by atoms with Crippen molar-refractivity contribution in [2.24, 2.45) is 5.73 Å². The molecule has 0 spiro atoms. The van der Waals surface area contributed by atoms with Crippen molar-refractivity contribution in [3.8, 4) is 0 Å². The maximum absolute atomic E-state index is 12.0. The van der Waals surface area contributed by atoms with Crippen molar-refractivity contribution in [2.75, 3.05) is 14.2 Å². The largest absolute Gasteiger partial charge is 0.466 e. The third-order valence-electron chi connectivity index (χ3n) is 3.64. The van der Waals surface area contributed by atoms with E-state index in [1.165, 1.54) is 0 Å². The SMILES string of the molecule is COC(=O)C1=C(C(=O)OC)C(N)(c2ccccc2)C1[N+](=O)[O-]. The minimum atomic E-state index is -1.75. The second-order valence-electron chi connectivity index (χ2n) is 4.69. The molecule has 1 aromatic carbocycles. The van der Waals surface area contributed by atoms with Gasteiger partial charge in [0.2, 0.25) is 0 Å². The fraction of sp³-hybridized carbons (Fsp3) is 0.286. The van der Waals surface area contributed by atoms with Crippen LogP contribution in [0.3, 0.4) is 0 Å². The summed E-state index contributed by atoms with van der Waals surface area (Å²) in [6, 6.07) is 6.48. The smallest absolute Gasteiger partial charge is 0.341 e. The Kier molecular flexibility index (Phi) is 3.96. The molecule has 2 N–H and O–H groups in total. The van der Waals surface area contributed by atoms with Gasteiger partial charge in [-0.2, -0.15) is 0 Å². The van der Waals surface area contributed by atoms with E-state index in [1.807, 2.05) is 0 Å². The van der Waals surface area contributed by atoms with Gasteiger partial charge in [-0.05, 0) is 5.56 Å². The predicted molar refractivity (Wildman–Crippen MR) is 74.1 cm³/mol. The molecule has 116 valence electrons. The van der Waals surface area contributed by atoms with Gasteiger partial charge in [-0.3, -0.25) is 10.1 Å². The van der Waals surface area contributed by atoms with Gasteiger partial charge in [0.25, 0.3) is 6.04 Å². The Morgan fingerprint density at radius 1 is 1.18 bits per heavy atom. The Hall–Kier alpha value is -2.74. The average molecular weight is 306 g/mol. The van der Waals surface area contributed by atoms with Crippen LogP contribution in [-0.4, -0.2) is 37.1 Å². The predicted octanol–water partition coefficient (Wildman–Crippen LogP) is 0.142. The van der Waals surface area contributed by atoms with E-state index in [0.29, 0.717) is 5.56 Å². The van der Waals surface area contributed by atoms with Gasteiger partial charge in [0.05, 0.1) is 19.8 Å².